The second-order valence-corrected chi connectivity index (χ2v) is 4.26. The Morgan fingerprint density at radius 2 is 2.31 bits per heavy atom. The zero-order chi connectivity index (χ0) is 9.90. The lowest BCUT2D eigenvalue weighted by Gasteiger charge is -2.33. The van der Waals surface area contributed by atoms with Gasteiger partial charge in [-0.1, -0.05) is 26.0 Å². The van der Waals surface area contributed by atoms with Crippen LogP contribution in [0.25, 0.3) is 0 Å². The number of allylic oxidation sites excluding steroid dienone is 1. The molecule has 1 rings (SSSR count). The highest BCUT2D eigenvalue weighted by molar-refractivity contribution is 5.58. The summed E-state index contributed by atoms with van der Waals surface area (Å²) >= 11 is 0. The summed E-state index contributed by atoms with van der Waals surface area (Å²) in [6.07, 6.45) is 6.06. The summed E-state index contributed by atoms with van der Waals surface area (Å²) in [5.41, 5.74) is 0.166. The minimum atomic E-state index is -0.0482. The number of hydrogen-bond donors (Lipinski definition) is 0. The molecule has 0 heterocycles. The van der Waals surface area contributed by atoms with Gasteiger partial charge in [0, 0.05) is 6.61 Å². The highest BCUT2D eigenvalue weighted by atomic mass is 16.5. The molecule has 0 aromatic carbocycles. The minimum absolute atomic E-state index is 0.0482. The molecule has 2 unspecified atom stereocenters. The lowest BCUT2D eigenvalue weighted by Crippen LogP contribution is -2.33. The van der Waals surface area contributed by atoms with Gasteiger partial charge in [-0.15, -0.1) is 0 Å². The molecule has 0 N–H and O–H groups in total. The van der Waals surface area contributed by atoms with Crippen molar-refractivity contribution in [2.45, 2.75) is 33.3 Å². The molecule has 2 atom stereocenters. The van der Waals surface area contributed by atoms with Crippen LogP contribution in [0.1, 0.15) is 27.2 Å². The summed E-state index contributed by atoms with van der Waals surface area (Å²) in [6.45, 7) is 6.97. The highest BCUT2D eigenvalue weighted by Crippen LogP contribution is 2.33. The average Bonchev–Trinajstić information content (AvgIpc) is 2.04. The van der Waals surface area contributed by atoms with Crippen molar-refractivity contribution < 1.29 is 9.53 Å². The number of rotatable bonds is 3. The van der Waals surface area contributed by atoms with Gasteiger partial charge in [-0.3, -0.25) is 0 Å². The third-order valence-corrected chi connectivity index (χ3v) is 2.46. The van der Waals surface area contributed by atoms with Gasteiger partial charge in [0.25, 0.3) is 0 Å². The maximum atomic E-state index is 10.7. The van der Waals surface area contributed by atoms with Crippen molar-refractivity contribution in [1.82, 2.24) is 0 Å². The van der Waals surface area contributed by atoms with Gasteiger partial charge < -0.3 is 9.53 Å². The third kappa shape index (κ3) is 2.66. The molecule has 0 spiro atoms. The van der Waals surface area contributed by atoms with Crippen LogP contribution in [0.2, 0.25) is 0 Å². The van der Waals surface area contributed by atoms with Crippen LogP contribution < -0.4 is 0 Å². The fourth-order valence-corrected chi connectivity index (χ4v) is 1.74. The summed E-state index contributed by atoms with van der Waals surface area (Å²) in [5, 5.41) is 0. The fraction of sp³-hybridized carbons (Fsp3) is 0.727. The molecule has 0 aliphatic heterocycles. The third-order valence-electron chi connectivity index (χ3n) is 2.46. The van der Waals surface area contributed by atoms with Gasteiger partial charge >= 0.3 is 0 Å². The predicted octanol–water partition coefficient (Wildman–Crippen LogP) is 2.19. The molecular formula is C11H18O2. The summed E-state index contributed by atoms with van der Waals surface area (Å²) in [7, 11) is 0. The highest BCUT2D eigenvalue weighted by Gasteiger charge is 2.30. The largest absolute Gasteiger partial charge is 0.377 e. The normalized spacial score (nSPS) is 31.6. The standard InChI is InChI=1S/C11H18O2/c1-4-13-10-7-11(2,3)6-5-9(10)8-12/h5-6,8-10H,4,7H2,1-3H3. The number of carbonyl (C=O) groups excluding carboxylic acids is 1. The average molecular weight is 182 g/mol. The lowest BCUT2D eigenvalue weighted by atomic mass is 9.77. The van der Waals surface area contributed by atoms with Crippen molar-refractivity contribution in [2.24, 2.45) is 11.3 Å². The van der Waals surface area contributed by atoms with E-state index in [1.807, 2.05) is 13.0 Å². The van der Waals surface area contributed by atoms with E-state index in [1.165, 1.54) is 0 Å². The molecule has 0 radical (unpaired) electrons. The van der Waals surface area contributed by atoms with Crippen molar-refractivity contribution in [1.29, 1.82) is 0 Å². The Hall–Kier alpha value is -0.630. The topological polar surface area (TPSA) is 26.3 Å². The van der Waals surface area contributed by atoms with E-state index >= 15 is 0 Å². The zero-order valence-corrected chi connectivity index (χ0v) is 8.62. The number of hydrogen-bond acceptors (Lipinski definition) is 2. The van der Waals surface area contributed by atoms with Gasteiger partial charge in [0.2, 0.25) is 0 Å². The molecule has 1 aliphatic rings. The Balaban J connectivity index is 2.70. The SMILES string of the molecule is CCOC1CC(C)(C)C=CC1C=O. The Bertz CT molecular complexity index is 206. The van der Waals surface area contributed by atoms with Gasteiger partial charge in [0.15, 0.2) is 0 Å². The fourth-order valence-electron chi connectivity index (χ4n) is 1.74. The van der Waals surface area contributed by atoms with Gasteiger partial charge in [0.05, 0.1) is 12.0 Å². The first-order chi connectivity index (χ1) is 6.09. The zero-order valence-electron chi connectivity index (χ0n) is 8.62. The summed E-state index contributed by atoms with van der Waals surface area (Å²) in [5.74, 6) is -0.0482. The second-order valence-electron chi connectivity index (χ2n) is 4.26. The number of ether oxygens (including phenoxy) is 1. The predicted molar refractivity (Wildman–Crippen MR) is 52.5 cm³/mol. The molecular weight excluding hydrogens is 164 g/mol. The first-order valence-corrected chi connectivity index (χ1v) is 4.85. The number of aldehydes is 1. The first kappa shape index (κ1) is 10.5. The van der Waals surface area contributed by atoms with Gasteiger partial charge in [-0.2, -0.15) is 0 Å². The molecule has 2 nitrogen and oxygen atoms in total. The molecule has 13 heavy (non-hydrogen) atoms. The van der Waals surface area contributed by atoms with Crippen molar-refractivity contribution in [3.8, 4) is 0 Å². The molecule has 0 amide bonds. The molecule has 0 saturated carbocycles. The minimum Gasteiger partial charge on any atom is -0.377 e. The van der Waals surface area contributed by atoms with Crippen LogP contribution >= 0.6 is 0 Å². The molecule has 74 valence electrons. The van der Waals surface area contributed by atoms with Crippen LogP contribution in [-0.4, -0.2) is 19.0 Å². The quantitative estimate of drug-likeness (QED) is 0.494. The summed E-state index contributed by atoms with van der Waals surface area (Å²) < 4.78 is 5.54. The maximum absolute atomic E-state index is 10.7. The van der Waals surface area contributed by atoms with E-state index in [-0.39, 0.29) is 17.4 Å². The van der Waals surface area contributed by atoms with Crippen LogP contribution in [0.5, 0.6) is 0 Å². The van der Waals surface area contributed by atoms with Crippen molar-refractivity contribution in [3.63, 3.8) is 0 Å². The molecule has 0 bridgehead atoms. The molecule has 0 aromatic heterocycles. The van der Waals surface area contributed by atoms with E-state index in [0.717, 1.165) is 12.7 Å². The van der Waals surface area contributed by atoms with E-state index in [2.05, 4.69) is 19.9 Å². The lowest BCUT2D eigenvalue weighted by molar-refractivity contribution is -0.115. The summed E-state index contributed by atoms with van der Waals surface area (Å²) in [4.78, 5) is 10.7. The molecule has 0 saturated heterocycles. The monoisotopic (exact) mass is 182 g/mol. The second kappa shape index (κ2) is 4.05. The van der Waals surface area contributed by atoms with Crippen molar-refractivity contribution >= 4 is 6.29 Å². The van der Waals surface area contributed by atoms with E-state index in [0.29, 0.717) is 6.61 Å². The Labute approximate surface area is 80.0 Å². The molecule has 2 heteroatoms. The Kier molecular flexibility index (Phi) is 3.26. The van der Waals surface area contributed by atoms with Crippen molar-refractivity contribution in [2.75, 3.05) is 6.61 Å². The van der Waals surface area contributed by atoms with Gasteiger partial charge in [-0.05, 0) is 18.8 Å². The van der Waals surface area contributed by atoms with Crippen LogP contribution in [0.15, 0.2) is 12.2 Å². The Morgan fingerprint density at radius 1 is 1.62 bits per heavy atom. The van der Waals surface area contributed by atoms with Crippen LogP contribution in [0.4, 0.5) is 0 Å². The molecule has 1 aliphatic carbocycles. The van der Waals surface area contributed by atoms with E-state index in [4.69, 9.17) is 4.74 Å². The van der Waals surface area contributed by atoms with Crippen LogP contribution in [0.3, 0.4) is 0 Å². The summed E-state index contributed by atoms with van der Waals surface area (Å²) in [6, 6.07) is 0. The first-order valence-electron chi connectivity index (χ1n) is 4.85. The van der Waals surface area contributed by atoms with Gasteiger partial charge in [-0.25, -0.2) is 0 Å². The smallest absolute Gasteiger partial charge is 0.129 e. The van der Waals surface area contributed by atoms with Gasteiger partial charge in [0.1, 0.15) is 6.29 Å². The number of carbonyl (C=O) groups is 1. The van der Waals surface area contributed by atoms with Crippen molar-refractivity contribution in [3.05, 3.63) is 12.2 Å². The Morgan fingerprint density at radius 3 is 2.85 bits per heavy atom. The van der Waals surface area contributed by atoms with E-state index in [9.17, 15) is 4.79 Å². The van der Waals surface area contributed by atoms with E-state index in [1.54, 1.807) is 0 Å². The van der Waals surface area contributed by atoms with Crippen LogP contribution in [0, 0.1) is 11.3 Å². The molecule has 0 fully saturated rings. The van der Waals surface area contributed by atoms with E-state index < -0.39 is 0 Å². The maximum Gasteiger partial charge on any atom is 0.129 e. The molecule has 0 aromatic rings. The van der Waals surface area contributed by atoms with Crippen LogP contribution in [-0.2, 0) is 9.53 Å².